The van der Waals surface area contributed by atoms with Crippen LogP contribution in [0.1, 0.15) is 46.0 Å². The Labute approximate surface area is 75.1 Å². The number of hydrogen-bond donors (Lipinski definition) is 0. The summed E-state index contributed by atoms with van der Waals surface area (Å²) in [7, 11) is 0. The van der Waals surface area contributed by atoms with Crippen molar-refractivity contribution in [2.24, 2.45) is 5.41 Å². The van der Waals surface area contributed by atoms with E-state index >= 15 is 0 Å². The fourth-order valence-electron chi connectivity index (χ4n) is 1.64. The van der Waals surface area contributed by atoms with Gasteiger partial charge in [0.1, 0.15) is 0 Å². The Hall–Kier alpha value is -0.770. The molecule has 0 spiro atoms. The zero-order valence-electron chi connectivity index (χ0n) is 8.06. The van der Waals surface area contributed by atoms with Crippen molar-refractivity contribution in [2.75, 3.05) is 0 Å². The summed E-state index contributed by atoms with van der Waals surface area (Å²) in [5.41, 5.74) is 1.39. The molecule has 0 aromatic rings. The summed E-state index contributed by atoms with van der Waals surface area (Å²) in [5.74, 6) is 0. The molecule has 0 aromatic carbocycles. The second kappa shape index (κ2) is 3.76. The molecule has 0 fully saturated rings. The molecular formula is C11H17N. The van der Waals surface area contributed by atoms with Crippen LogP contribution in [0.15, 0.2) is 11.6 Å². The van der Waals surface area contributed by atoms with Crippen molar-refractivity contribution in [1.29, 1.82) is 5.26 Å². The number of hydrogen-bond acceptors (Lipinski definition) is 1. The van der Waals surface area contributed by atoms with Crippen molar-refractivity contribution < 1.29 is 0 Å². The Morgan fingerprint density at radius 3 is 2.83 bits per heavy atom. The van der Waals surface area contributed by atoms with E-state index < -0.39 is 0 Å². The van der Waals surface area contributed by atoms with Crippen LogP contribution in [-0.2, 0) is 0 Å². The topological polar surface area (TPSA) is 23.8 Å². The van der Waals surface area contributed by atoms with Gasteiger partial charge in [0.05, 0.1) is 11.5 Å². The molecule has 1 aliphatic carbocycles. The standard InChI is InChI=1S/C11H17N/c1-3-11(2,9-12)8-10-6-4-5-7-10/h6H,3-5,7-8H2,1-2H3. The summed E-state index contributed by atoms with van der Waals surface area (Å²) >= 11 is 0. The van der Waals surface area contributed by atoms with Crippen LogP contribution < -0.4 is 0 Å². The lowest BCUT2D eigenvalue weighted by atomic mass is 9.82. The lowest BCUT2D eigenvalue weighted by molar-refractivity contribution is 0.417. The van der Waals surface area contributed by atoms with Crippen molar-refractivity contribution in [3.8, 4) is 6.07 Å². The maximum atomic E-state index is 8.97. The van der Waals surface area contributed by atoms with Crippen LogP contribution in [0.25, 0.3) is 0 Å². The average Bonchev–Trinajstić information content (AvgIpc) is 2.57. The molecule has 12 heavy (non-hydrogen) atoms. The fourth-order valence-corrected chi connectivity index (χ4v) is 1.64. The van der Waals surface area contributed by atoms with Gasteiger partial charge in [0.2, 0.25) is 0 Å². The largest absolute Gasteiger partial charge is 0.198 e. The summed E-state index contributed by atoms with van der Waals surface area (Å²) in [6.45, 7) is 4.16. The molecule has 0 aromatic heterocycles. The molecule has 1 atom stereocenters. The van der Waals surface area contributed by atoms with Crippen molar-refractivity contribution in [2.45, 2.75) is 46.0 Å². The van der Waals surface area contributed by atoms with E-state index in [-0.39, 0.29) is 5.41 Å². The van der Waals surface area contributed by atoms with E-state index in [2.05, 4.69) is 26.0 Å². The van der Waals surface area contributed by atoms with Crippen LogP contribution >= 0.6 is 0 Å². The van der Waals surface area contributed by atoms with Crippen LogP contribution in [0.3, 0.4) is 0 Å². The minimum absolute atomic E-state index is 0.115. The van der Waals surface area contributed by atoms with E-state index in [1.54, 1.807) is 0 Å². The van der Waals surface area contributed by atoms with E-state index in [0.29, 0.717) is 0 Å². The third kappa shape index (κ3) is 2.11. The Bertz CT molecular complexity index is 222. The molecule has 0 radical (unpaired) electrons. The van der Waals surface area contributed by atoms with Gasteiger partial charge in [0.25, 0.3) is 0 Å². The maximum Gasteiger partial charge on any atom is 0.0690 e. The number of nitrogens with zero attached hydrogens (tertiary/aromatic N) is 1. The minimum Gasteiger partial charge on any atom is -0.198 e. The van der Waals surface area contributed by atoms with Gasteiger partial charge < -0.3 is 0 Å². The monoisotopic (exact) mass is 163 g/mol. The van der Waals surface area contributed by atoms with Crippen LogP contribution in [0.2, 0.25) is 0 Å². The molecule has 1 heteroatoms. The third-order valence-electron chi connectivity index (χ3n) is 2.80. The molecule has 0 saturated carbocycles. The summed E-state index contributed by atoms with van der Waals surface area (Å²) in [6.07, 6.45) is 7.99. The zero-order chi connectivity index (χ0) is 9.03. The first-order valence-corrected chi connectivity index (χ1v) is 4.79. The lowest BCUT2D eigenvalue weighted by Gasteiger charge is -2.19. The molecule has 66 valence electrons. The Morgan fingerprint density at radius 2 is 2.42 bits per heavy atom. The predicted molar refractivity (Wildman–Crippen MR) is 50.6 cm³/mol. The Kier molecular flexibility index (Phi) is 2.92. The molecule has 0 bridgehead atoms. The normalized spacial score (nSPS) is 21.2. The van der Waals surface area contributed by atoms with E-state index in [0.717, 1.165) is 12.8 Å². The average molecular weight is 163 g/mol. The molecule has 0 saturated heterocycles. The van der Waals surface area contributed by atoms with Gasteiger partial charge in [-0.1, -0.05) is 18.6 Å². The number of nitriles is 1. The van der Waals surface area contributed by atoms with E-state index in [1.165, 1.54) is 24.8 Å². The van der Waals surface area contributed by atoms with E-state index in [1.807, 2.05) is 0 Å². The third-order valence-corrected chi connectivity index (χ3v) is 2.80. The molecule has 0 aliphatic heterocycles. The quantitative estimate of drug-likeness (QED) is 0.585. The van der Waals surface area contributed by atoms with Crippen LogP contribution in [0.5, 0.6) is 0 Å². The van der Waals surface area contributed by atoms with Gasteiger partial charge in [-0.05, 0) is 39.0 Å². The molecular weight excluding hydrogens is 146 g/mol. The van der Waals surface area contributed by atoms with Crippen LogP contribution in [-0.4, -0.2) is 0 Å². The first kappa shape index (κ1) is 9.32. The zero-order valence-corrected chi connectivity index (χ0v) is 8.06. The van der Waals surface area contributed by atoms with Gasteiger partial charge in [-0.25, -0.2) is 0 Å². The second-order valence-corrected chi connectivity index (χ2v) is 3.96. The summed E-state index contributed by atoms with van der Waals surface area (Å²) in [4.78, 5) is 0. The molecule has 0 N–H and O–H groups in total. The smallest absolute Gasteiger partial charge is 0.0690 e. The Morgan fingerprint density at radius 1 is 1.67 bits per heavy atom. The van der Waals surface area contributed by atoms with Crippen LogP contribution in [0.4, 0.5) is 0 Å². The van der Waals surface area contributed by atoms with Crippen molar-refractivity contribution in [3.05, 3.63) is 11.6 Å². The van der Waals surface area contributed by atoms with Crippen LogP contribution in [0, 0.1) is 16.7 Å². The highest BCUT2D eigenvalue weighted by atomic mass is 14.3. The minimum atomic E-state index is -0.115. The second-order valence-electron chi connectivity index (χ2n) is 3.96. The van der Waals surface area contributed by atoms with E-state index in [9.17, 15) is 0 Å². The summed E-state index contributed by atoms with van der Waals surface area (Å²) in [6, 6.07) is 2.41. The fraction of sp³-hybridized carbons (Fsp3) is 0.727. The van der Waals surface area contributed by atoms with Gasteiger partial charge in [-0.15, -0.1) is 0 Å². The highest BCUT2D eigenvalue weighted by Crippen LogP contribution is 2.33. The molecule has 0 heterocycles. The maximum absolute atomic E-state index is 8.97. The molecule has 1 rings (SSSR count). The lowest BCUT2D eigenvalue weighted by Crippen LogP contribution is -2.12. The first-order chi connectivity index (χ1) is 5.70. The number of rotatable bonds is 3. The van der Waals surface area contributed by atoms with E-state index in [4.69, 9.17) is 5.26 Å². The van der Waals surface area contributed by atoms with Crippen molar-refractivity contribution in [3.63, 3.8) is 0 Å². The van der Waals surface area contributed by atoms with Gasteiger partial charge in [0.15, 0.2) is 0 Å². The molecule has 0 amide bonds. The van der Waals surface area contributed by atoms with Gasteiger partial charge >= 0.3 is 0 Å². The molecule has 1 aliphatic rings. The first-order valence-electron chi connectivity index (χ1n) is 4.79. The Balaban J connectivity index is 2.54. The highest BCUT2D eigenvalue weighted by molar-refractivity contribution is 5.13. The van der Waals surface area contributed by atoms with Gasteiger partial charge in [-0.2, -0.15) is 5.26 Å². The summed E-state index contributed by atoms with van der Waals surface area (Å²) in [5, 5.41) is 8.97. The highest BCUT2D eigenvalue weighted by Gasteiger charge is 2.23. The molecule has 1 nitrogen and oxygen atoms in total. The summed E-state index contributed by atoms with van der Waals surface area (Å²) < 4.78 is 0. The van der Waals surface area contributed by atoms with Crippen molar-refractivity contribution in [1.82, 2.24) is 0 Å². The SMILES string of the molecule is CCC(C)(C#N)CC1=CCCC1. The van der Waals surface area contributed by atoms with Gasteiger partial charge in [-0.3, -0.25) is 0 Å². The molecule has 1 unspecified atom stereocenters. The predicted octanol–water partition coefficient (Wildman–Crippen LogP) is 3.43. The van der Waals surface area contributed by atoms with Gasteiger partial charge in [0, 0.05) is 0 Å². The van der Waals surface area contributed by atoms with Crippen molar-refractivity contribution >= 4 is 0 Å². The number of allylic oxidation sites excluding steroid dienone is 2.